The zero-order chi connectivity index (χ0) is 21.1. The Kier molecular flexibility index (Phi) is 6.47. The number of fused-ring (bicyclic) bond motifs is 2. The van der Waals surface area contributed by atoms with Gasteiger partial charge in [-0.1, -0.05) is 36.2 Å². The summed E-state index contributed by atoms with van der Waals surface area (Å²) in [5.74, 6) is 2.52. The molecule has 0 radical (unpaired) electrons. The molecule has 2 aliphatic carbocycles. The van der Waals surface area contributed by atoms with Crippen molar-refractivity contribution in [2.24, 2.45) is 17.8 Å². The number of carbonyl (C=O) groups excluding carboxylic acids is 2. The van der Waals surface area contributed by atoms with E-state index >= 15 is 0 Å². The van der Waals surface area contributed by atoms with Crippen LogP contribution in [0.5, 0.6) is 0 Å². The molecule has 2 fully saturated rings. The molecule has 158 valence electrons. The first-order chi connectivity index (χ1) is 14.5. The molecule has 0 aromatic heterocycles. The third kappa shape index (κ3) is 4.89. The molecule has 2 aromatic rings. The van der Waals surface area contributed by atoms with E-state index in [9.17, 15) is 9.59 Å². The van der Waals surface area contributed by atoms with E-state index in [2.05, 4.69) is 17.6 Å². The fourth-order valence-electron chi connectivity index (χ4n) is 5.07. The number of hydrogen-bond donors (Lipinski definition) is 2. The minimum atomic E-state index is -0.155. The summed E-state index contributed by atoms with van der Waals surface area (Å²) in [5, 5.41) is 6.16. The third-order valence-electron chi connectivity index (χ3n) is 6.62. The topological polar surface area (TPSA) is 58.2 Å². The van der Waals surface area contributed by atoms with Crippen LogP contribution in [0.15, 0.2) is 53.4 Å². The van der Waals surface area contributed by atoms with E-state index in [0.717, 1.165) is 28.0 Å². The summed E-state index contributed by atoms with van der Waals surface area (Å²) >= 11 is 1.42. The van der Waals surface area contributed by atoms with Crippen molar-refractivity contribution >= 4 is 29.3 Å². The lowest BCUT2D eigenvalue weighted by Crippen LogP contribution is -2.40. The highest BCUT2D eigenvalue weighted by Gasteiger charge is 2.42. The SMILES string of the molecule is Cc1ccc(NC(=O)c2ccccc2SCC(=O)NC(C)C2CC3CCC2C3)cc1. The highest BCUT2D eigenvalue weighted by molar-refractivity contribution is 8.00. The largest absolute Gasteiger partial charge is 0.353 e. The van der Waals surface area contributed by atoms with Crippen LogP contribution in [0.2, 0.25) is 0 Å². The maximum atomic E-state index is 12.8. The number of nitrogens with one attached hydrogen (secondary N) is 2. The van der Waals surface area contributed by atoms with Crippen LogP contribution in [0.3, 0.4) is 0 Å². The molecule has 0 aliphatic heterocycles. The molecule has 0 spiro atoms. The summed E-state index contributed by atoms with van der Waals surface area (Å²) in [6.45, 7) is 4.16. The van der Waals surface area contributed by atoms with Gasteiger partial charge in [-0.25, -0.2) is 0 Å². The standard InChI is InChI=1S/C25H30N2O2S/c1-16-7-11-20(12-8-16)27-25(29)21-5-3-4-6-23(21)30-15-24(28)26-17(2)22-14-18-9-10-19(22)13-18/h3-8,11-12,17-19,22H,9-10,13-15H2,1-2H3,(H,26,28)(H,27,29). The second-order valence-corrected chi connectivity index (χ2v) is 9.82. The predicted molar refractivity (Wildman–Crippen MR) is 123 cm³/mol. The molecule has 2 amide bonds. The van der Waals surface area contributed by atoms with E-state index in [1.54, 1.807) is 0 Å². The fraction of sp³-hybridized carbons (Fsp3) is 0.440. The lowest BCUT2D eigenvalue weighted by molar-refractivity contribution is -0.119. The van der Waals surface area contributed by atoms with Gasteiger partial charge in [-0.2, -0.15) is 0 Å². The Bertz CT molecular complexity index is 912. The number of rotatable bonds is 7. The zero-order valence-electron chi connectivity index (χ0n) is 17.7. The molecule has 2 aliphatic rings. The van der Waals surface area contributed by atoms with Crippen LogP contribution < -0.4 is 10.6 Å². The first kappa shape index (κ1) is 21.0. The summed E-state index contributed by atoms with van der Waals surface area (Å²) in [6.07, 6.45) is 5.32. The van der Waals surface area contributed by atoms with Crippen molar-refractivity contribution < 1.29 is 9.59 Å². The van der Waals surface area contributed by atoms with E-state index in [-0.39, 0.29) is 17.9 Å². The average Bonchev–Trinajstić information content (AvgIpc) is 3.38. The Hall–Kier alpha value is -2.27. The number of hydrogen-bond acceptors (Lipinski definition) is 3. The molecule has 2 N–H and O–H groups in total. The van der Waals surface area contributed by atoms with Crippen molar-refractivity contribution in [2.45, 2.75) is 50.5 Å². The van der Waals surface area contributed by atoms with Crippen LogP contribution in [-0.2, 0) is 4.79 Å². The van der Waals surface area contributed by atoms with Gasteiger partial charge in [-0.05, 0) is 75.1 Å². The van der Waals surface area contributed by atoms with Crippen LogP contribution in [0.1, 0.15) is 48.5 Å². The molecule has 2 saturated carbocycles. The average molecular weight is 423 g/mol. The van der Waals surface area contributed by atoms with Crippen molar-refractivity contribution in [1.82, 2.24) is 5.32 Å². The van der Waals surface area contributed by atoms with Crippen LogP contribution in [-0.4, -0.2) is 23.6 Å². The molecule has 0 heterocycles. The molecule has 0 saturated heterocycles. The Morgan fingerprint density at radius 3 is 2.53 bits per heavy atom. The van der Waals surface area contributed by atoms with Gasteiger partial charge in [0.25, 0.3) is 5.91 Å². The van der Waals surface area contributed by atoms with Crippen molar-refractivity contribution in [2.75, 3.05) is 11.1 Å². The van der Waals surface area contributed by atoms with Gasteiger partial charge in [-0.3, -0.25) is 9.59 Å². The number of thioether (sulfide) groups is 1. The number of carbonyl (C=O) groups is 2. The minimum absolute atomic E-state index is 0.0454. The minimum Gasteiger partial charge on any atom is -0.353 e. The lowest BCUT2D eigenvalue weighted by atomic mass is 9.84. The Morgan fingerprint density at radius 1 is 1.07 bits per heavy atom. The Labute approximate surface area is 183 Å². The summed E-state index contributed by atoms with van der Waals surface area (Å²) in [7, 11) is 0. The van der Waals surface area contributed by atoms with Gasteiger partial charge >= 0.3 is 0 Å². The second kappa shape index (κ2) is 9.25. The van der Waals surface area contributed by atoms with E-state index < -0.39 is 0 Å². The number of benzene rings is 2. The highest BCUT2D eigenvalue weighted by atomic mass is 32.2. The van der Waals surface area contributed by atoms with Crippen molar-refractivity contribution in [1.29, 1.82) is 0 Å². The molecular formula is C25H30N2O2S. The van der Waals surface area contributed by atoms with Gasteiger partial charge in [0, 0.05) is 16.6 Å². The molecular weight excluding hydrogens is 392 g/mol. The summed E-state index contributed by atoms with van der Waals surface area (Å²) in [5.41, 5.74) is 2.51. The van der Waals surface area contributed by atoms with Gasteiger partial charge < -0.3 is 10.6 Å². The van der Waals surface area contributed by atoms with Crippen molar-refractivity contribution in [3.05, 3.63) is 59.7 Å². The summed E-state index contributed by atoms with van der Waals surface area (Å²) < 4.78 is 0. The summed E-state index contributed by atoms with van der Waals surface area (Å²) in [6, 6.07) is 15.4. The van der Waals surface area contributed by atoms with Gasteiger partial charge in [-0.15, -0.1) is 11.8 Å². The molecule has 5 heteroatoms. The normalized spacial score (nSPS) is 23.2. The molecule has 30 heavy (non-hydrogen) atoms. The van der Waals surface area contributed by atoms with E-state index in [0.29, 0.717) is 17.2 Å². The maximum Gasteiger partial charge on any atom is 0.256 e. The molecule has 4 atom stereocenters. The van der Waals surface area contributed by atoms with E-state index in [1.165, 1.54) is 37.4 Å². The first-order valence-electron chi connectivity index (χ1n) is 10.9. The third-order valence-corrected chi connectivity index (χ3v) is 7.70. The maximum absolute atomic E-state index is 12.8. The van der Waals surface area contributed by atoms with Gasteiger partial charge in [0.1, 0.15) is 0 Å². The van der Waals surface area contributed by atoms with Gasteiger partial charge in [0.2, 0.25) is 5.91 Å². The zero-order valence-corrected chi connectivity index (χ0v) is 18.5. The molecule has 4 unspecified atom stereocenters. The quantitative estimate of drug-likeness (QED) is 0.597. The number of amides is 2. The lowest BCUT2D eigenvalue weighted by Gasteiger charge is -2.28. The van der Waals surface area contributed by atoms with Crippen molar-refractivity contribution in [3.8, 4) is 0 Å². The van der Waals surface area contributed by atoms with Gasteiger partial charge in [0.05, 0.1) is 11.3 Å². The van der Waals surface area contributed by atoms with Crippen LogP contribution in [0, 0.1) is 24.7 Å². The fourth-order valence-corrected chi connectivity index (χ4v) is 5.93. The Balaban J connectivity index is 1.32. The molecule has 4 rings (SSSR count). The van der Waals surface area contributed by atoms with Crippen LogP contribution in [0.4, 0.5) is 5.69 Å². The molecule has 4 nitrogen and oxygen atoms in total. The van der Waals surface area contributed by atoms with Gasteiger partial charge in [0.15, 0.2) is 0 Å². The number of aryl methyl sites for hydroxylation is 1. The monoisotopic (exact) mass is 422 g/mol. The smallest absolute Gasteiger partial charge is 0.256 e. The molecule has 2 aromatic carbocycles. The second-order valence-electron chi connectivity index (χ2n) is 8.80. The van der Waals surface area contributed by atoms with Crippen LogP contribution in [0.25, 0.3) is 0 Å². The molecule has 2 bridgehead atoms. The Morgan fingerprint density at radius 2 is 1.83 bits per heavy atom. The first-order valence-corrected chi connectivity index (χ1v) is 11.9. The highest BCUT2D eigenvalue weighted by Crippen LogP contribution is 2.49. The van der Waals surface area contributed by atoms with E-state index in [4.69, 9.17) is 0 Å². The predicted octanol–water partition coefficient (Wildman–Crippen LogP) is 5.28. The van der Waals surface area contributed by atoms with E-state index in [1.807, 2.05) is 55.5 Å². The van der Waals surface area contributed by atoms with Crippen molar-refractivity contribution in [3.63, 3.8) is 0 Å². The van der Waals surface area contributed by atoms with Crippen LogP contribution >= 0.6 is 11.8 Å². The summed E-state index contributed by atoms with van der Waals surface area (Å²) in [4.78, 5) is 26.1. The number of anilines is 1.